The van der Waals surface area contributed by atoms with Crippen LogP contribution in [0.15, 0.2) is 30.3 Å². The number of ether oxygens (including phenoxy) is 1. The van der Waals surface area contributed by atoms with Crippen molar-refractivity contribution in [2.45, 2.75) is 58.8 Å². The van der Waals surface area contributed by atoms with Gasteiger partial charge in [0.25, 0.3) is 0 Å². The summed E-state index contributed by atoms with van der Waals surface area (Å²) in [6.07, 6.45) is 2.34. The minimum atomic E-state index is -3.78. The first-order valence-electron chi connectivity index (χ1n) is 8.82. The summed E-state index contributed by atoms with van der Waals surface area (Å²) >= 11 is 0. The van der Waals surface area contributed by atoms with Crippen LogP contribution in [0.4, 0.5) is 17.6 Å². The number of alkyl halides is 4. The summed E-state index contributed by atoms with van der Waals surface area (Å²) in [5.74, 6) is -3.54. The Hall–Kier alpha value is -1.52. The molecule has 1 aliphatic carbocycles. The number of allylic oxidation sites excluding steroid dienone is 1. The van der Waals surface area contributed by atoms with Crippen molar-refractivity contribution in [1.29, 1.82) is 0 Å². The summed E-state index contributed by atoms with van der Waals surface area (Å²) in [4.78, 5) is 0. The summed E-state index contributed by atoms with van der Waals surface area (Å²) in [5, 5.41) is 0. The van der Waals surface area contributed by atoms with E-state index >= 15 is 0 Å². The van der Waals surface area contributed by atoms with Gasteiger partial charge >= 0.3 is 12.3 Å². The maximum absolute atomic E-state index is 12.8. The summed E-state index contributed by atoms with van der Waals surface area (Å²) in [5.41, 5.74) is 1.21. The van der Waals surface area contributed by atoms with Gasteiger partial charge in [0.05, 0.1) is 6.61 Å². The van der Waals surface area contributed by atoms with Gasteiger partial charge in [-0.05, 0) is 50.3 Å². The minimum Gasteiger partial charge on any atom is -0.494 e. The smallest absolute Gasteiger partial charge is 0.310 e. The molecule has 0 aliphatic heterocycles. The third kappa shape index (κ3) is 7.09. The minimum absolute atomic E-state index is 0.235. The fourth-order valence-electron chi connectivity index (χ4n) is 2.86. The summed E-state index contributed by atoms with van der Waals surface area (Å²) in [6, 6.07) is 8.06. The molecule has 0 radical (unpaired) electrons. The Bertz CT molecular complexity index is 503. The molecule has 1 aromatic rings. The van der Waals surface area contributed by atoms with E-state index in [4.69, 9.17) is 4.74 Å². The molecule has 1 aliphatic rings. The van der Waals surface area contributed by atoms with Crippen molar-refractivity contribution in [1.82, 2.24) is 0 Å². The Morgan fingerprint density at radius 3 is 2.12 bits per heavy atom. The van der Waals surface area contributed by atoms with Crippen LogP contribution in [0.3, 0.4) is 0 Å². The van der Waals surface area contributed by atoms with E-state index in [1.165, 1.54) is 5.56 Å². The Kier molecular flexibility index (Phi) is 9.01. The quantitative estimate of drug-likeness (QED) is 0.523. The molecule has 0 heterocycles. The highest BCUT2D eigenvalue weighted by Crippen LogP contribution is 2.41. The number of hydrogen-bond donors (Lipinski definition) is 0. The second-order valence-electron chi connectivity index (χ2n) is 6.43. The molecule has 1 saturated carbocycles. The Morgan fingerprint density at radius 2 is 1.68 bits per heavy atom. The standard InChI is InChI=1S/C11H14O.C9H14F4/c1-3-5-10-6-8-11(9-7-10)12-4-2;1-6-2-4-7(5-3-6)9(12,13)8(10)11/h3,5-9H,4H2,1-2H3;6-8H,2-5H2,1H3/b5-3+;. The Balaban J connectivity index is 0.000000251. The Labute approximate surface area is 148 Å². The van der Waals surface area contributed by atoms with E-state index in [9.17, 15) is 17.6 Å². The van der Waals surface area contributed by atoms with Crippen LogP contribution in [-0.2, 0) is 0 Å². The van der Waals surface area contributed by atoms with Gasteiger partial charge in [0, 0.05) is 5.92 Å². The van der Waals surface area contributed by atoms with Crippen LogP contribution in [0.5, 0.6) is 5.75 Å². The molecule has 0 unspecified atom stereocenters. The first-order valence-corrected chi connectivity index (χ1v) is 8.82. The van der Waals surface area contributed by atoms with Gasteiger partial charge < -0.3 is 4.74 Å². The van der Waals surface area contributed by atoms with Crippen molar-refractivity contribution in [3.63, 3.8) is 0 Å². The van der Waals surface area contributed by atoms with E-state index in [1.807, 2.05) is 51.1 Å². The average Bonchev–Trinajstić information content (AvgIpc) is 2.58. The zero-order valence-electron chi connectivity index (χ0n) is 15.2. The van der Waals surface area contributed by atoms with E-state index in [1.54, 1.807) is 0 Å². The van der Waals surface area contributed by atoms with Crippen LogP contribution in [0.25, 0.3) is 6.08 Å². The van der Waals surface area contributed by atoms with Gasteiger partial charge in [0.15, 0.2) is 0 Å². The molecule has 0 bridgehead atoms. The summed E-state index contributed by atoms with van der Waals surface area (Å²) in [6.45, 7) is 6.69. The van der Waals surface area contributed by atoms with Gasteiger partial charge in [-0.1, -0.05) is 44.1 Å². The van der Waals surface area contributed by atoms with Gasteiger partial charge in [-0.15, -0.1) is 0 Å². The van der Waals surface area contributed by atoms with E-state index < -0.39 is 18.3 Å². The third-order valence-electron chi connectivity index (χ3n) is 4.40. The fourth-order valence-corrected chi connectivity index (χ4v) is 2.86. The molecule has 0 amide bonds. The molecular formula is C20H28F4O. The van der Waals surface area contributed by atoms with Crippen molar-refractivity contribution in [3.8, 4) is 5.75 Å². The maximum atomic E-state index is 12.8. The molecule has 1 aromatic carbocycles. The van der Waals surface area contributed by atoms with Crippen LogP contribution in [-0.4, -0.2) is 19.0 Å². The molecule has 2 rings (SSSR count). The van der Waals surface area contributed by atoms with Crippen molar-refractivity contribution in [3.05, 3.63) is 35.9 Å². The first kappa shape index (κ1) is 21.5. The topological polar surface area (TPSA) is 9.23 Å². The second kappa shape index (κ2) is 10.5. The molecule has 0 N–H and O–H groups in total. The lowest BCUT2D eigenvalue weighted by Crippen LogP contribution is -2.37. The van der Waals surface area contributed by atoms with Gasteiger partial charge in [0.2, 0.25) is 0 Å². The van der Waals surface area contributed by atoms with Crippen molar-refractivity contribution in [2.24, 2.45) is 11.8 Å². The van der Waals surface area contributed by atoms with Gasteiger partial charge in [-0.25, -0.2) is 8.78 Å². The SMILES string of the molecule is C/C=C/c1ccc(OCC)cc1.CC1CCC(C(F)(F)C(F)F)CC1. The van der Waals surface area contributed by atoms with Crippen LogP contribution < -0.4 is 4.74 Å². The number of hydrogen-bond acceptors (Lipinski definition) is 1. The molecule has 1 nitrogen and oxygen atoms in total. The molecule has 5 heteroatoms. The van der Waals surface area contributed by atoms with Crippen LogP contribution in [0.1, 0.15) is 52.0 Å². The van der Waals surface area contributed by atoms with Crippen molar-refractivity contribution in [2.75, 3.05) is 6.61 Å². The fraction of sp³-hybridized carbons (Fsp3) is 0.600. The zero-order chi connectivity index (χ0) is 18.9. The molecule has 1 fully saturated rings. The molecule has 142 valence electrons. The van der Waals surface area contributed by atoms with Crippen molar-refractivity contribution >= 4 is 6.08 Å². The average molecular weight is 360 g/mol. The van der Waals surface area contributed by atoms with Gasteiger partial charge in [0.1, 0.15) is 5.75 Å². The van der Waals surface area contributed by atoms with Crippen LogP contribution in [0.2, 0.25) is 0 Å². The number of rotatable bonds is 5. The highest BCUT2D eigenvalue weighted by atomic mass is 19.3. The number of benzene rings is 1. The van der Waals surface area contributed by atoms with E-state index in [0.29, 0.717) is 18.8 Å². The van der Waals surface area contributed by atoms with Crippen molar-refractivity contribution < 1.29 is 22.3 Å². The van der Waals surface area contributed by atoms with Gasteiger partial charge in [-0.3, -0.25) is 0 Å². The second-order valence-corrected chi connectivity index (χ2v) is 6.43. The Morgan fingerprint density at radius 1 is 1.12 bits per heavy atom. The largest absolute Gasteiger partial charge is 0.494 e. The predicted molar refractivity (Wildman–Crippen MR) is 94.4 cm³/mol. The highest BCUT2D eigenvalue weighted by molar-refractivity contribution is 5.50. The van der Waals surface area contributed by atoms with E-state index in [-0.39, 0.29) is 12.8 Å². The van der Waals surface area contributed by atoms with Crippen LogP contribution >= 0.6 is 0 Å². The van der Waals surface area contributed by atoms with E-state index in [2.05, 4.69) is 6.08 Å². The summed E-state index contributed by atoms with van der Waals surface area (Å²) < 4.78 is 54.8. The zero-order valence-corrected chi connectivity index (χ0v) is 15.2. The first-order chi connectivity index (χ1) is 11.8. The number of halogens is 4. The maximum Gasteiger partial charge on any atom is 0.310 e. The lowest BCUT2D eigenvalue weighted by molar-refractivity contribution is -0.173. The molecule has 0 aromatic heterocycles. The van der Waals surface area contributed by atoms with E-state index in [0.717, 1.165) is 12.4 Å². The summed E-state index contributed by atoms with van der Waals surface area (Å²) in [7, 11) is 0. The van der Waals surface area contributed by atoms with Crippen LogP contribution in [0, 0.1) is 11.8 Å². The third-order valence-corrected chi connectivity index (χ3v) is 4.40. The molecule has 0 spiro atoms. The van der Waals surface area contributed by atoms with Gasteiger partial charge in [-0.2, -0.15) is 8.78 Å². The highest BCUT2D eigenvalue weighted by Gasteiger charge is 2.48. The lowest BCUT2D eigenvalue weighted by Gasteiger charge is -2.31. The predicted octanol–water partition coefficient (Wildman–Crippen LogP) is 6.83. The molecule has 0 atom stereocenters. The lowest BCUT2D eigenvalue weighted by atomic mass is 9.80. The molecule has 0 saturated heterocycles. The monoisotopic (exact) mass is 360 g/mol. The molecular weight excluding hydrogens is 332 g/mol. The molecule has 25 heavy (non-hydrogen) atoms. The normalized spacial score (nSPS) is 21.1.